The van der Waals surface area contributed by atoms with E-state index in [9.17, 15) is 18.4 Å². The maximum atomic E-state index is 13.7. The fraction of sp³-hybridized carbons (Fsp3) is 0.280. The molecule has 3 aromatic rings. The summed E-state index contributed by atoms with van der Waals surface area (Å²) in [4.78, 5) is 31.1. The first-order valence-electron chi connectivity index (χ1n) is 10.4. The molecule has 8 heteroatoms. The van der Waals surface area contributed by atoms with Crippen LogP contribution in [0.3, 0.4) is 0 Å². The van der Waals surface area contributed by atoms with Crippen LogP contribution in [-0.4, -0.2) is 40.1 Å². The zero-order valence-electron chi connectivity index (χ0n) is 17.8. The van der Waals surface area contributed by atoms with Gasteiger partial charge in [0.25, 0.3) is 5.92 Å². The highest BCUT2D eigenvalue weighted by atomic mass is 35.5. The number of likely N-dealkylation sites (tertiary alicyclic amines) is 1. The van der Waals surface area contributed by atoms with Gasteiger partial charge in [-0.1, -0.05) is 36.7 Å². The molecule has 4 rings (SSSR count). The van der Waals surface area contributed by atoms with Gasteiger partial charge in [0.15, 0.2) is 5.78 Å². The van der Waals surface area contributed by atoms with Crippen LogP contribution in [0.5, 0.6) is 0 Å². The summed E-state index contributed by atoms with van der Waals surface area (Å²) in [5.74, 6) is -4.85. The molecule has 33 heavy (non-hydrogen) atoms. The van der Waals surface area contributed by atoms with E-state index in [2.05, 4.69) is 4.98 Å². The standard InChI is InChI=1S/C25H20ClF2N3O2/c1-15(24(33)31-14-25(27,28)12-19(31)13-29)10-23(32)20-8-9-30-22-7-4-17(11-21(20)22)16-2-5-18(26)6-3-16/h2-9,11,15,19H,10,12,14H2,1H3/t15-,19+/m1/s1. The Morgan fingerprint density at radius 2 is 1.91 bits per heavy atom. The lowest BCUT2D eigenvalue weighted by Crippen LogP contribution is -2.39. The van der Waals surface area contributed by atoms with Gasteiger partial charge in [-0.15, -0.1) is 0 Å². The lowest BCUT2D eigenvalue weighted by atomic mass is 9.94. The molecule has 0 bridgehead atoms. The van der Waals surface area contributed by atoms with Crippen LogP contribution in [0.2, 0.25) is 5.02 Å². The van der Waals surface area contributed by atoms with Crippen LogP contribution in [0.25, 0.3) is 22.0 Å². The first-order valence-corrected chi connectivity index (χ1v) is 10.8. The molecule has 5 nitrogen and oxygen atoms in total. The van der Waals surface area contributed by atoms with Crippen LogP contribution >= 0.6 is 11.6 Å². The zero-order chi connectivity index (χ0) is 23.8. The first-order chi connectivity index (χ1) is 15.7. The molecular formula is C25H20ClF2N3O2. The third-order valence-corrected chi connectivity index (χ3v) is 6.09. The van der Waals surface area contributed by atoms with Gasteiger partial charge in [0.2, 0.25) is 5.91 Å². The number of alkyl halides is 2. The van der Waals surface area contributed by atoms with Gasteiger partial charge in [0.05, 0.1) is 18.1 Å². The van der Waals surface area contributed by atoms with Gasteiger partial charge >= 0.3 is 0 Å². The zero-order valence-corrected chi connectivity index (χ0v) is 18.5. The predicted molar refractivity (Wildman–Crippen MR) is 121 cm³/mol. The first kappa shape index (κ1) is 22.8. The third-order valence-electron chi connectivity index (χ3n) is 5.83. The number of fused-ring (bicyclic) bond motifs is 1. The number of carbonyl (C=O) groups is 2. The molecule has 2 aromatic carbocycles. The van der Waals surface area contributed by atoms with E-state index < -0.39 is 36.8 Å². The summed E-state index contributed by atoms with van der Waals surface area (Å²) >= 11 is 5.97. The van der Waals surface area contributed by atoms with Gasteiger partial charge in [-0.2, -0.15) is 5.26 Å². The third kappa shape index (κ3) is 4.71. The van der Waals surface area contributed by atoms with Crippen molar-refractivity contribution in [3.63, 3.8) is 0 Å². The molecule has 2 heterocycles. The minimum absolute atomic E-state index is 0.163. The lowest BCUT2D eigenvalue weighted by molar-refractivity contribution is -0.136. The summed E-state index contributed by atoms with van der Waals surface area (Å²) in [7, 11) is 0. The van der Waals surface area contributed by atoms with Crippen molar-refractivity contribution in [2.24, 2.45) is 5.92 Å². The number of halogens is 3. The van der Waals surface area contributed by atoms with Gasteiger partial charge in [-0.05, 0) is 41.5 Å². The smallest absolute Gasteiger partial charge is 0.268 e. The largest absolute Gasteiger partial charge is 0.320 e. The lowest BCUT2D eigenvalue weighted by Gasteiger charge is -2.23. The number of rotatable bonds is 5. The molecule has 0 unspecified atom stereocenters. The SMILES string of the molecule is C[C@H](CC(=O)c1ccnc2ccc(-c3ccc(Cl)cc3)cc12)C(=O)N1CC(F)(F)C[C@H]1C#N. The monoisotopic (exact) mass is 467 g/mol. The Balaban J connectivity index is 1.59. The van der Waals surface area contributed by atoms with E-state index >= 15 is 0 Å². The van der Waals surface area contributed by atoms with Crippen LogP contribution in [0.4, 0.5) is 8.78 Å². The Morgan fingerprint density at radius 1 is 1.21 bits per heavy atom. The van der Waals surface area contributed by atoms with E-state index in [0.29, 0.717) is 21.5 Å². The molecule has 0 radical (unpaired) electrons. The van der Waals surface area contributed by atoms with Crippen LogP contribution in [0.1, 0.15) is 30.1 Å². The molecule has 1 amide bonds. The molecule has 1 saturated heterocycles. The van der Waals surface area contributed by atoms with Crippen molar-refractivity contribution in [2.75, 3.05) is 6.54 Å². The maximum Gasteiger partial charge on any atom is 0.268 e. The van der Waals surface area contributed by atoms with E-state index in [1.165, 1.54) is 13.1 Å². The van der Waals surface area contributed by atoms with E-state index in [1.807, 2.05) is 30.3 Å². The van der Waals surface area contributed by atoms with E-state index in [0.717, 1.165) is 16.0 Å². The predicted octanol–water partition coefficient (Wildman–Crippen LogP) is 5.52. The normalized spacial score (nSPS) is 18.2. The Morgan fingerprint density at radius 3 is 2.61 bits per heavy atom. The van der Waals surface area contributed by atoms with E-state index in [-0.39, 0.29) is 12.2 Å². The maximum absolute atomic E-state index is 13.7. The van der Waals surface area contributed by atoms with Crippen molar-refractivity contribution in [3.05, 3.63) is 65.3 Å². The topological polar surface area (TPSA) is 74.1 Å². The van der Waals surface area contributed by atoms with Crippen LogP contribution in [0.15, 0.2) is 54.7 Å². The fourth-order valence-electron chi connectivity index (χ4n) is 4.13. The summed E-state index contributed by atoms with van der Waals surface area (Å²) in [6.07, 6.45) is 0.679. The molecule has 0 N–H and O–H groups in total. The molecule has 1 aliphatic heterocycles. The van der Waals surface area contributed by atoms with Gasteiger partial charge in [-0.3, -0.25) is 14.6 Å². The van der Waals surface area contributed by atoms with E-state index in [4.69, 9.17) is 16.9 Å². The van der Waals surface area contributed by atoms with Crippen molar-refractivity contribution in [1.82, 2.24) is 9.88 Å². The highest BCUT2D eigenvalue weighted by Crippen LogP contribution is 2.33. The molecule has 168 valence electrons. The second-order valence-electron chi connectivity index (χ2n) is 8.30. The number of aromatic nitrogens is 1. The quantitative estimate of drug-likeness (QED) is 0.463. The molecule has 0 spiro atoms. The Labute approximate surface area is 194 Å². The highest BCUT2D eigenvalue weighted by molar-refractivity contribution is 6.30. The number of amides is 1. The summed E-state index contributed by atoms with van der Waals surface area (Å²) in [5, 5.41) is 10.4. The van der Waals surface area contributed by atoms with Gasteiger partial charge in [-0.25, -0.2) is 8.78 Å². The van der Waals surface area contributed by atoms with E-state index in [1.54, 1.807) is 24.3 Å². The molecular weight excluding hydrogens is 448 g/mol. The number of pyridine rings is 1. The van der Waals surface area contributed by atoms with Crippen LogP contribution in [-0.2, 0) is 4.79 Å². The number of hydrogen-bond donors (Lipinski definition) is 0. The number of benzene rings is 2. The minimum Gasteiger partial charge on any atom is -0.320 e. The summed E-state index contributed by atoms with van der Waals surface area (Å²) in [6, 6.07) is 15.0. The Hall–Kier alpha value is -3.37. The van der Waals surface area contributed by atoms with Gasteiger partial charge in [0, 0.05) is 40.9 Å². The molecule has 1 aliphatic rings. The fourth-order valence-corrected chi connectivity index (χ4v) is 4.26. The Bertz CT molecular complexity index is 1270. The molecule has 2 atom stereocenters. The molecule has 0 saturated carbocycles. The minimum atomic E-state index is -3.10. The highest BCUT2D eigenvalue weighted by Gasteiger charge is 2.48. The average molecular weight is 468 g/mol. The van der Waals surface area contributed by atoms with Gasteiger partial charge < -0.3 is 4.90 Å². The summed E-state index contributed by atoms with van der Waals surface area (Å²) in [6.45, 7) is 0.721. The van der Waals surface area contributed by atoms with Gasteiger partial charge in [0.1, 0.15) is 6.04 Å². The summed E-state index contributed by atoms with van der Waals surface area (Å²) < 4.78 is 27.5. The Kier molecular flexibility index (Phi) is 6.13. The molecule has 1 aromatic heterocycles. The van der Waals surface area contributed by atoms with Crippen LogP contribution in [0, 0.1) is 17.2 Å². The number of carbonyl (C=O) groups excluding carboxylic acids is 2. The summed E-state index contributed by atoms with van der Waals surface area (Å²) in [5.41, 5.74) is 2.83. The van der Waals surface area contributed by atoms with Crippen molar-refractivity contribution in [2.45, 2.75) is 31.7 Å². The number of ketones is 1. The second kappa shape index (κ2) is 8.87. The number of hydrogen-bond acceptors (Lipinski definition) is 4. The van der Waals surface area contributed by atoms with Crippen molar-refractivity contribution >= 4 is 34.2 Å². The average Bonchev–Trinajstić information content (AvgIpc) is 3.12. The van der Waals surface area contributed by atoms with Crippen molar-refractivity contribution in [1.29, 1.82) is 5.26 Å². The second-order valence-corrected chi connectivity index (χ2v) is 8.73. The van der Waals surface area contributed by atoms with Crippen LogP contribution < -0.4 is 0 Å². The molecule has 1 fully saturated rings. The number of nitrogens with zero attached hydrogens (tertiary/aromatic N) is 3. The van der Waals surface area contributed by atoms with Crippen molar-refractivity contribution < 1.29 is 18.4 Å². The number of nitriles is 1. The number of Topliss-reactive ketones (excluding diaryl/α,β-unsaturated/α-hetero) is 1. The molecule has 0 aliphatic carbocycles. The van der Waals surface area contributed by atoms with Crippen molar-refractivity contribution in [3.8, 4) is 17.2 Å².